The molecule has 0 heterocycles. The second-order valence-corrected chi connectivity index (χ2v) is 7.17. The van der Waals surface area contributed by atoms with Crippen molar-refractivity contribution < 1.29 is 9.53 Å². The molecule has 0 saturated heterocycles. The highest BCUT2D eigenvalue weighted by Gasteiger charge is 2.11. The van der Waals surface area contributed by atoms with Gasteiger partial charge in [0.2, 0.25) is 0 Å². The molecule has 0 unspecified atom stereocenters. The van der Waals surface area contributed by atoms with Crippen molar-refractivity contribution in [1.29, 1.82) is 0 Å². The van der Waals surface area contributed by atoms with E-state index in [0.29, 0.717) is 11.3 Å². The van der Waals surface area contributed by atoms with E-state index in [2.05, 4.69) is 37.4 Å². The largest absolute Gasteiger partial charge is 0.496 e. The maximum Gasteiger partial charge on any atom is 0.259 e. The molecule has 0 saturated carbocycles. The van der Waals surface area contributed by atoms with Crippen LogP contribution in [0.5, 0.6) is 5.75 Å². The SMILES string of the molecule is COc1ccccc1C(=O)Nc1ccc(Sc2cc(C)ccc2C)cc1. The highest BCUT2D eigenvalue weighted by atomic mass is 32.2. The third-order valence-electron chi connectivity index (χ3n) is 4.04. The number of para-hydroxylation sites is 1. The number of nitrogens with one attached hydrogen (secondary N) is 1. The first-order valence-corrected chi connectivity index (χ1v) is 9.18. The van der Waals surface area contributed by atoms with Gasteiger partial charge in [-0.05, 0) is 67.4 Å². The van der Waals surface area contributed by atoms with Crippen LogP contribution in [-0.4, -0.2) is 13.0 Å². The lowest BCUT2D eigenvalue weighted by atomic mass is 10.2. The van der Waals surface area contributed by atoms with E-state index in [0.717, 1.165) is 10.6 Å². The van der Waals surface area contributed by atoms with E-state index >= 15 is 0 Å². The lowest BCUT2D eigenvalue weighted by Gasteiger charge is -2.10. The Labute approximate surface area is 158 Å². The van der Waals surface area contributed by atoms with E-state index in [-0.39, 0.29) is 5.91 Å². The molecule has 0 radical (unpaired) electrons. The predicted octanol–water partition coefficient (Wildman–Crippen LogP) is 5.72. The fraction of sp³-hybridized carbons (Fsp3) is 0.136. The second-order valence-electron chi connectivity index (χ2n) is 6.05. The summed E-state index contributed by atoms with van der Waals surface area (Å²) in [4.78, 5) is 14.8. The molecular weight excluding hydrogens is 342 g/mol. The fourth-order valence-electron chi connectivity index (χ4n) is 2.58. The maximum atomic E-state index is 12.5. The number of methoxy groups -OCH3 is 1. The second kappa shape index (κ2) is 8.11. The molecule has 0 aliphatic rings. The number of carbonyl (C=O) groups excluding carboxylic acids is 1. The van der Waals surface area contributed by atoms with Gasteiger partial charge in [0, 0.05) is 15.5 Å². The number of aryl methyl sites for hydroxylation is 2. The number of ether oxygens (including phenoxy) is 1. The Kier molecular flexibility index (Phi) is 5.64. The van der Waals surface area contributed by atoms with Crippen LogP contribution >= 0.6 is 11.8 Å². The van der Waals surface area contributed by atoms with Crippen LogP contribution in [0.3, 0.4) is 0 Å². The number of rotatable bonds is 5. The molecule has 132 valence electrons. The minimum atomic E-state index is -0.183. The van der Waals surface area contributed by atoms with E-state index in [9.17, 15) is 4.79 Å². The Balaban J connectivity index is 1.71. The molecule has 26 heavy (non-hydrogen) atoms. The van der Waals surface area contributed by atoms with Gasteiger partial charge in [-0.1, -0.05) is 36.0 Å². The quantitative estimate of drug-likeness (QED) is 0.630. The first kappa shape index (κ1) is 18.1. The summed E-state index contributed by atoms with van der Waals surface area (Å²) in [5.74, 6) is 0.379. The summed E-state index contributed by atoms with van der Waals surface area (Å²) >= 11 is 1.73. The molecule has 3 aromatic carbocycles. The van der Waals surface area contributed by atoms with Crippen molar-refractivity contribution in [2.75, 3.05) is 12.4 Å². The maximum absolute atomic E-state index is 12.5. The van der Waals surface area contributed by atoms with Crippen molar-refractivity contribution in [2.45, 2.75) is 23.6 Å². The van der Waals surface area contributed by atoms with Gasteiger partial charge in [0.1, 0.15) is 5.75 Å². The number of anilines is 1. The molecule has 1 amide bonds. The van der Waals surface area contributed by atoms with E-state index in [1.54, 1.807) is 31.0 Å². The van der Waals surface area contributed by atoms with Crippen LogP contribution in [-0.2, 0) is 0 Å². The molecule has 0 atom stereocenters. The van der Waals surface area contributed by atoms with E-state index < -0.39 is 0 Å². The topological polar surface area (TPSA) is 38.3 Å². The summed E-state index contributed by atoms with van der Waals surface area (Å²) in [5, 5.41) is 2.92. The van der Waals surface area contributed by atoms with Gasteiger partial charge in [0.15, 0.2) is 0 Å². The van der Waals surface area contributed by atoms with Crippen LogP contribution in [0.2, 0.25) is 0 Å². The number of benzene rings is 3. The van der Waals surface area contributed by atoms with Crippen LogP contribution in [0.25, 0.3) is 0 Å². The molecule has 4 heteroatoms. The summed E-state index contributed by atoms with van der Waals surface area (Å²) in [7, 11) is 1.56. The molecule has 0 aliphatic heterocycles. The summed E-state index contributed by atoms with van der Waals surface area (Å²) in [6.07, 6.45) is 0. The fourth-order valence-corrected chi connectivity index (χ4v) is 3.58. The highest BCUT2D eigenvalue weighted by Crippen LogP contribution is 2.31. The van der Waals surface area contributed by atoms with Gasteiger partial charge in [0.25, 0.3) is 5.91 Å². The molecule has 3 nitrogen and oxygen atoms in total. The third kappa shape index (κ3) is 4.27. The normalized spacial score (nSPS) is 10.4. The first-order chi connectivity index (χ1) is 12.6. The van der Waals surface area contributed by atoms with Gasteiger partial charge in [-0.15, -0.1) is 0 Å². The highest BCUT2D eigenvalue weighted by molar-refractivity contribution is 7.99. The van der Waals surface area contributed by atoms with Gasteiger partial charge in [-0.3, -0.25) is 4.79 Å². The average molecular weight is 363 g/mol. The van der Waals surface area contributed by atoms with Crippen LogP contribution in [0.1, 0.15) is 21.5 Å². The van der Waals surface area contributed by atoms with Crippen molar-refractivity contribution in [1.82, 2.24) is 0 Å². The van der Waals surface area contributed by atoms with E-state index in [1.165, 1.54) is 16.0 Å². The molecule has 0 fully saturated rings. The third-order valence-corrected chi connectivity index (χ3v) is 5.20. The molecule has 0 aromatic heterocycles. The van der Waals surface area contributed by atoms with Gasteiger partial charge < -0.3 is 10.1 Å². The van der Waals surface area contributed by atoms with Crippen LogP contribution in [0.15, 0.2) is 76.5 Å². The Morgan fingerprint density at radius 1 is 0.962 bits per heavy atom. The first-order valence-electron chi connectivity index (χ1n) is 8.36. The molecule has 0 aliphatic carbocycles. The van der Waals surface area contributed by atoms with E-state index in [4.69, 9.17) is 4.74 Å². The molecule has 3 rings (SSSR count). The average Bonchev–Trinajstić information content (AvgIpc) is 2.66. The van der Waals surface area contributed by atoms with Crippen molar-refractivity contribution in [3.05, 3.63) is 83.4 Å². The molecule has 3 aromatic rings. The zero-order valence-electron chi connectivity index (χ0n) is 15.1. The van der Waals surface area contributed by atoms with Crippen molar-refractivity contribution in [2.24, 2.45) is 0 Å². The van der Waals surface area contributed by atoms with Crippen LogP contribution in [0, 0.1) is 13.8 Å². The molecule has 0 bridgehead atoms. The summed E-state index contributed by atoms with van der Waals surface area (Å²) < 4.78 is 5.25. The minimum absolute atomic E-state index is 0.183. The van der Waals surface area contributed by atoms with Crippen molar-refractivity contribution >= 4 is 23.4 Å². The number of carbonyl (C=O) groups is 1. The van der Waals surface area contributed by atoms with Gasteiger partial charge in [-0.25, -0.2) is 0 Å². The lowest BCUT2D eigenvalue weighted by Crippen LogP contribution is -2.12. The summed E-state index contributed by atoms with van der Waals surface area (Å²) in [5.41, 5.74) is 3.78. The number of hydrogen-bond donors (Lipinski definition) is 1. The summed E-state index contributed by atoms with van der Waals surface area (Å²) in [6, 6.07) is 21.5. The predicted molar refractivity (Wildman–Crippen MR) is 107 cm³/mol. The summed E-state index contributed by atoms with van der Waals surface area (Å²) in [6.45, 7) is 4.21. The Morgan fingerprint density at radius 2 is 1.69 bits per heavy atom. The van der Waals surface area contributed by atoms with Crippen molar-refractivity contribution in [3.63, 3.8) is 0 Å². The van der Waals surface area contributed by atoms with Gasteiger partial charge >= 0.3 is 0 Å². The number of hydrogen-bond acceptors (Lipinski definition) is 3. The zero-order valence-corrected chi connectivity index (χ0v) is 15.9. The smallest absolute Gasteiger partial charge is 0.259 e. The van der Waals surface area contributed by atoms with Gasteiger partial charge in [0.05, 0.1) is 12.7 Å². The lowest BCUT2D eigenvalue weighted by molar-refractivity contribution is 0.102. The monoisotopic (exact) mass is 363 g/mol. The van der Waals surface area contributed by atoms with Crippen molar-refractivity contribution in [3.8, 4) is 5.75 Å². The number of amides is 1. The zero-order chi connectivity index (χ0) is 18.5. The van der Waals surface area contributed by atoms with Crippen LogP contribution in [0.4, 0.5) is 5.69 Å². The minimum Gasteiger partial charge on any atom is -0.496 e. The molecule has 1 N–H and O–H groups in total. The Bertz CT molecular complexity index is 920. The molecular formula is C22H21NO2S. The van der Waals surface area contributed by atoms with Gasteiger partial charge in [-0.2, -0.15) is 0 Å². The van der Waals surface area contributed by atoms with E-state index in [1.807, 2.05) is 36.4 Å². The van der Waals surface area contributed by atoms with Crippen LogP contribution < -0.4 is 10.1 Å². The Hall–Kier alpha value is -2.72. The molecule has 0 spiro atoms. The Morgan fingerprint density at radius 3 is 2.42 bits per heavy atom. The standard InChI is InChI=1S/C22H21NO2S/c1-15-8-9-16(2)21(14-15)26-18-12-10-17(11-13-18)23-22(24)19-6-4-5-7-20(19)25-3/h4-14H,1-3H3,(H,23,24).